The van der Waals surface area contributed by atoms with E-state index in [2.05, 4.69) is 5.32 Å². The first-order valence-electron chi connectivity index (χ1n) is 4.83. The van der Waals surface area contributed by atoms with Crippen molar-refractivity contribution in [2.24, 2.45) is 0 Å². The Hall–Kier alpha value is -1.05. The average Bonchev–Trinajstić information content (AvgIpc) is 2.75. The lowest BCUT2D eigenvalue weighted by atomic mass is 10.5. The van der Waals surface area contributed by atoms with E-state index in [0.717, 1.165) is 16.2 Å². The second-order valence-electron chi connectivity index (χ2n) is 3.08. The molecule has 1 rings (SSSR count). The minimum Gasteiger partial charge on any atom is -0.477 e. The molecule has 2 N–H and O–H groups in total. The Bertz CT molecular complexity index is 391. The summed E-state index contributed by atoms with van der Waals surface area (Å²) in [6.07, 6.45) is 0. The molecule has 1 aromatic rings. The first-order valence-corrected chi connectivity index (χ1v) is 6.70. The van der Waals surface area contributed by atoms with E-state index < -0.39 is 5.97 Å². The lowest BCUT2D eigenvalue weighted by molar-refractivity contribution is -0.118. The topological polar surface area (TPSA) is 75.6 Å². The molecule has 1 heterocycles. The molecular weight excluding hydrogens is 262 g/mol. The van der Waals surface area contributed by atoms with Crippen molar-refractivity contribution in [3.8, 4) is 0 Å². The number of rotatable bonds is 7. The number of thiophene rings is 1. The SMILES string of the molecule is COCCNC(=O)CSc1csc(C(=O)O)c1. The number of ether oxygens (including phenoxy) is 1. The molecule has 0 bridgehead atoms. The largest absolute Gasteiger partial charge is 0.477 e. The zero-order chi connectivity index (χ0) is 12.7. The number of aromatic carboxylic acids is 1. The molecule has 5 nitrogen and oxygen atoms in total. The lowest BCUT2D eigenvalue weighted by Gasteiger charge is -2.02. The monoisotopic (exact) mass is 275 g/mol. The number of carbonyl (C=O) groups excluding carboxylic acids is 1. The molecule has 0 unspecified atom stereocenters. The van der Waals surface area contributed by atoms with Crippen molar-refractivity contribution in [3.05, 3.63) is 16.3 Å². The van der Waals surface area contributed by atoms with Gasteiger partial charge in [0.05, 0.1) is 12.4 Å². The van der Waals surface area contributed by atoms with E-state index in [4.69, 9.17) is 9.84 Å². The van der Waals surface area contributed by atoms with Crippen LogP contribution in [0.3, 0.4) is 0 Å². The number of hydrogen-bond acceptors (Lipinski definition) is 5. The number of thioether (sulfide) groups is 1. The molecule has 0 aliphatic rings. The molecule has 17 heavy (non-hydrogen) atoms. The van der Waals surface area contributed by atoms with E-state index in [9.17, 15) is 9.59 Å². The summed E-state index contributed by atoms with van der Waals surface area (Å²) in [6, 6.07) is 1.57. The number of amides is 1. The van der Waals surface area contributed by atoms with E-state index in [1.165, 1.54) is 11.8 Å². The van der Waals surface area contributed by atoms with Crippen molar-refractivity contribution < 1.29 is 19.4 Å². The van der Waals surface area contributed by atoms with Crippen molar-refractivity contribution >= 4 is 35.0 Å². The van der Waals surface area contributed by atoms with Crippen molar-refractivity contribution in [2.45, 2.75) is 4.90 Å². The van der Waals surface area contributed by atoms with E-state index in [-0.39, 0.29) is 16.5 Å². The normalized spacial score (nSPS) is 10.2. The van der Waals surface area contributed by atoms with Gasteiger partial charge in [-0.25, -0.2) is 4.79 Å². The van der Waals surface area contributed by atoms with Crippen LogP contribution in [0.5, 0.6) is 0 Å². The maximum atomic E-state index is 11.3. The smallest absolute Gasteiger partial charge is 0.345 e. The van der Waals surface area contributed by atoms with Crippen LogP contribution in [0.25, 0.3) is 0 Å². The standard InChI is InChI=1S/C10H13NO4S2/c1-15-3-2-11-9(12)6-16-7-4-8(10(13)14)17-5-7/h4-5H,2-3,6H2,1H3,(H,11,12)(H,13,14). The second-order valence-corrected chi connectivity index (χ2v) is 5.04. The molecule has 0 saturated carbocycles. The Morgan fingerprint density at radius 1 is 1.59 bits per heavy atom. The van der Waals surface area contributed by atoms with Gasteiger partial charge in [-0.05, 0) is 6.07 Å². The molecule has 1 aromatic heterocycles. The third-order valence-corrected chi connectivity index (χ3v) is 3.83. The van der Waals surface area contributed by atoms with Crippen LogP contribution in [0.2, 0.25) is 0 Å². The number of carboxylic acids is 1. The summed E-state index contributed by atoms with van der Waals surface area (Å²) in [4.78, 5) is 23.1. The van der Waals surface area contributed by atoms with Crippen LogP contribution >= 0.6 is 23.1 Å². The highest BCUT2D eigenvalue weighted by atomic mass is 32.2. The number of hydrogen-bond donors (Lipinski definition) is 2. The van der Waals surface area contributed by atoms with Crippen molar-refractivity contribution in [2.75, 3.05) is 26.0 Å². The quantitative estimate of drug-likeness (QED) is 0.579. The highest BCUT2D eigenvalue weighted by molar-refractivity contribution is 8.00. The van der Waals surface area contributed by atoms with Gasteiger partial charge in [-0.3, -0.25) is 4.79 Å². The Labute approximate surface area is 107 Å². The summed E-state index contributed by atoms with van der Waals surface area (Å²) in [5.41, 5.74) is 0. The van der Waals surface area contributed by atoms with Gasteiger partial charge in [0.2, 0.25) is 5.91 Å². The Morgan fingerprint density at radius 3 is 2.94 bits per heavy atom. The van der Waals surface area contributed by atoms with E-state index in [0.29, 0.717) is 13.2 Å². The van der Waals surface area contributed by atoms with Crippen LogP contribution in [-0.2, 0) is 9.53 Å². The molecule has 0 saturated heterocycles. The molecule has 1 amide bonds. The maximum absolute atomic E-state index is 11.3. The fraction of sp³-hybridized carbons (Fsp3) is 0.400. The highest BCUT2D eigenvalue weighted by Crippen LogP contribution is 2.24. The number of carbonyl (C=O) groups is 2. The summed E-state index contributed by atoms with van der Waals surface area (Å²) in [6.45, 7) is 0.970. The van der Waals surface area contributed by atoms with E-state index in [1.807, 2.05) is 0 Å². The first kappa shape index (κ1) is 14.0. The van der Waals surface area contributed by atoms with Gasteiger partial charge in [0.15, 0.2) is 0 Å². The third kappa shape index (κ3) is 5.20. The van der Waals surface area contributed by atoms with Gasteiger partial charge in [-0.1, -0.05) is 0 Å². The van der Waals surface area contributed by atoms with Crippen LogP contribution in [0.1, 0.15) is 9.67 Å². The third-order valence-electron chi connectivity index (χ3n) is 1.78. The van der Waals surface area contributed by atoms with Crippen LogP contribution in [0.15, 0.2) is 16.3 Å². The fourth-order valence-corrected chi connectivity index (χ4v) is 2.70. The van der Waals surface area contributed by atoms with Gasteiger partial charge < -0.3 is 15.2 Å². The molecule has 0 aliphatic carbocycles. The summed E-state index contributed by atoms with van der Waals surface area (Å²) >= 11 is 2.48. The highest BCUT2D eigenvalue weighted by Gasteiger charge is 2.08. The Balaban J connectivity index is 2.29. The van der Waals surface area contributed by atoms with Crippen molar-refractivity contribution in [1.82, 2.24) is 5.32 Å². The predicted molar refractivity (Wildman–Crippen MR) is 66.9 cm³/mol. The molecule has 0 aromatic carbocycles. The summed E-state index contributed by atoms with van der Waals surface area (Å²) in [5, 5.41) is 13.1. The van der Waals surface area contributed by atoms with Crippen LogP contribution < -0.4 is 5.32 Å². The Morgan fingerprint density at radius 2 is 2.35 bits per heavy atom. The van der Waals surface area contributed by atoms with Crippen LogP contribution in [0, 0.1) is 0 Å². The number of methoxy groups -OCH3 is 1. The molecular formula is C10H13NO4S2. The van der Waals surface area contributed by atoms with Gasteiger partial charge in [0.1, 0.15) is 4.88 Å². The van der Waals surface area contributed by atoms with Gasteiger partial charge >= 0.3 is 5.97 Å². The summed E-state index contributed by atoms with van der Waals surface area (Å²) in [5.74, 6) is -0.749. The molecule has 0 aliphatic heterocycles. The minimum atomic E-state index is -0.939. The Kier molecular flexibility index (Phi) is 6.03. The molecule has 0 fully saturated rings. The van der Waals surface area contributed by atoms with Crippen molar-refractivity contribution in [3.63, 3.8) is 0 Å². The number of nitrogens with one attached hydrogen (secondary N) is 1. The second kappa shape index (κ2) is 7.31. The molecule has 7 heteroatoms. The zero-order valence-corrected chi connectivity index (χ0v) is 10.9. The van der Waals surface area contributed by atoms with E-state index >= 15 is 0 Å². The molecule has 0 atom stereocenters. The summed E-state index contributed by atoms with van der Waals surface area (Å²) < 4.78 is 4.80. The minimum absolute atomic E-state index is 0.0878. The van der Waals surface area contributed by atoms with E-state index in [1.54, 1.807) is 18.6 Å². The summed E-state index contributed by atoms with van der Waals surface area (Å²) in [7, 11) is 1.57. The van der Waals surface area contributed by atoms with Crippen LogP contribution in [0.4, 0.5) is 0 Å². The first-order chi connectivity index (χ1) is 8.13. The van der Waals surface area contributed by atoms with Gasteiger partial charge in [-0.15, -0.1) is 23.1 Å². The number of carboxylic acid groups (broad SMARTS) is 1. The predicted octanol–water partition coefficient (Wildman–Crippen LogP) is 1.30. The van der Waals surface area contributed by atoms with Crippen LogP contribution in [-0.4, -0.2) is 43.0 Å². The van der Waals surface area contributed by atoms with Gasteiger partial charge in [0.25, 0.3) is 0 Å². The molecule has 0 radical (unpaired) electrons. The molecule has 94 valence electrons. The average molecular weight is 275 g/mol. The zero-order valence-electron chi connectivity index (χ0n) is 9.26. The maximum Gasteiger partial charge on any atom is 0.345 e. The van der Waals surface area contributed by atoms with Gasteiger partial charge in [0, 0.05) is 23.9 Å². The molecule has 0 spiro atoms. The fourth-order valence-electron chi connectivity index (χ4n) is 0.999. The van der Waals surface area contributed by atoms with Gasteiger partial charge in [-0.2, -0.15) is 0 Å². The van der Waals surface area contributed by atoms with Crippen molar-refractivity contribution in [1.29, 1.82) is 0 Å². The lowest BCUT2D eigenvalue weighted by Crippen LogP contribution is -2.28.